The third-order valence-electron chi connectivity index (χ3n) is 6.05. The molecule has 0 atom stereocenters. The molecule has 0 bridgehead atoms. The Morgan fingerprint density at radius 2 is 1.77 bits per heavy atom. The van der Waals surface area contributed by atoms with Crippen LogP contribution in [0.4, 0.5) is 11.5 Å². The standard InChI is InChI=1S/C26H23N5/c1-2-31(21-6-4-3-5-7-21)26-22-14-19(10-12-23(22)27-17-28-26)20-11-13-25-29-24(18-8-9-18)16-30(25)15-20/h3-7,10-18H,2,8-9H2,1H3. The van der Waals surface area contributed by atoms with Crippen LogP contribution in [0, 0.1) is 0 Å². The average Bonchev–Trinajstić information content (AvgIpc) is 3.59. The quantitative estimate of drug-likeness (QED) is 0.361. The van der Waals surface area contributed by atoms with Crippen molar-refractivity contribution in [3.05, 3.63) is 85.1 Å². The van der Waals surface area contributed by atoms with Crippen LogP contribution in [0.1, 0.15) is 31.4 Å². The fourth-order valence-corrected chi connectivity index (χ4v) is 4.26. The summed E-state index contributed by atoms with van der Waals surface area (Å²) < 4.78 is 2.15. The van der Waals surface area contributed by atoms with E-state index in [1.54, 1.807) is 6.33 Å². The highest BCUT2D eigenvalue weighted by atomic mass is 15.2. The average molecular weight is 406 g/mol. The third kappa shape index (κ3) is 3.22. The number of para-hydroxylation sites is 1. The molecule has 1 aliphatic rings. The molecule has 6 rings (SSSR count). The Labute approximate surface area is 181 Å². The molecule has 0 unspecified atom stereocenters. The van der Waals surface area contributed by atoms with Crippen LogP contribution in [0.5, 0.6) is 0 Å². The first kappa shape index (κ1) is 18.1. The van der Waals surface area contributed by atoms with E-state index in [0.717, 1.165) is 45.7 Å². The SMILES string of the molecule is CCN(c1ccccc1)c1ncnc2ccc(-c3ccc4nc(C5CC5)cn4c3)cc12. The van der Waals surface area contributed by atoms with E-state index in [9.17, 15) is 0 Å². The molecule has 5 aromatic rings. The lowest BCUT2D eigenvalue weighted by Crippen LogP contribution is -2.17. The maximum absolute atomic E-state index is 4.78. The highest BCUT2D eigenvalue weighted by Crippen LogP contribution is 2.39. The van der Waals surface area contributed by atoms with Gasteiger partial charge in [-0.2, -0.15) is 0 Å². The molecule has 0 spiro atoms. The summed E-state index contributed by atoms with van der Waals surface area (Å²) >= 11 is 0. The molecule has 1 saturated carbocycles. The van der Waals surface area contributed by atoms with Crippen molar-refractivity contribution in [3.63, 3.8) is 0 Å². The molecule has 1 aliphatic carbocycles. The molecule has 152 valence electrons. The van der Waals surface area contributed by atoms with Gasteiger partial charge < -0.3 is 9.30 Å². The Morgan fingerprint density at radius 1 is 0.935 bits per heavy atom. The predicted molar refractivity (Wildman–Crippen MR) is 125 cm³/mol. The first-order valence-corrected chi connectivity index (χ1v) is 10.9. The summed E-state index contributed by atoms with van der Waals surface area (Å²) in [5, 5.41) is 1.05. The van der Waals surface area contributed by atoms with E-state index in [4.69, 9.17) is 4.98 Å². The first-order chi connectivity index (χ1) is 15.3. The highest BCUT2D eigenvalue weighted by Gasteiger charge is 2.26. The van der Waals surface area contributed by atoms with Crippen LogP contribution in [0.2, 0.25) is 0 Å². The van der Waals surface area contributed by atoms with Crippen molar-refractivity contribution in [2.45, 2.75) is 25.7 Å². The molecule has 0 saturated heterocycles. The first-order valence-electron chi connectivity index (χ1n) is 10.9. The van der Waals surface area contributed by atoms with Gasteiger partial charge in [0, 0.05) is 35.9 Å². The molecule has 3 heterocycles. The molecular formula is C26H23N5. The lowest BCUT2D eigenvalue weighted by atomic mass is 10.0. The van der Waals surface area contributed by atoms with Crippen LogP contribution in [-0.2, 0) is 0 Å². The summed E-state index contributed by atoms with van der Waals surface area (Å²) in [6, 6.07) is 21.1. The summed E-state index contributed by atoms with van der Waals surface area (Å²) in [4.78, 5) is 16.2. The second-order valence-electron chi connectivity index (χ2n) is 8.13. The van der Waals surface area contributed by atoms with Crippen molar-refractivity contribution in [2.24, 2.45) is 0 Å². The van der Waals surface area contributed by atoms with Crippen LogP contribution < -0.4 is 4.90 Å². The molecular weight excluding hydrogens is 382 g/mol. The maximum Gasteiger partial charge on any atom is 0.144 e. The zero-order chi connectivity index (χ0) is 20.8. The molecule has 3 aromatic heterocycles. The van der Waals surface area contributed by atoms with Gasteiger partial charge in [-0.3, -0.25) is 0 Å². The van der Waals surface area contributed by atoms with Gasteiger partial charge in [-0.05, 0) is 67.3 Å². The van der Waals surface area contributed by atoms with Gasteiger partial charge in [0.05, 0.1) is 11.2 Å². The monoisotopic (exact) mass is 405 g/mol. The van der Waals surface area contributed by atoms with Crippen molar-refractivity contribution in [1.29, 1.82) is 0 Å². The normalized spacial score (nSPS) is 13.7. The largest absolute Gasteiger partial charge is 0.326 e. The van der Waals surface area contributed by atoms with Crippen molar-refractivity contribution in [2.75, 3.05) is 11.4 Å². The van der Waals surface area contributed by atoms with Crippen LogP contribution in [-0.4, -0.2) is 25.9 Å². The maximum atomic E-state index is 4.78. The van der Waals surface area contributed by atoms with E-state index in [1.807, 2.05) is 6.07 Å². The van der Waals surface area contributed by atoms with Gasteiger partial charge in [-0.15, -0.1) is 0 Å². The van der Waals surface area contributed by atoms with Gasteiger partial charge in [0.15, 0.2) is 0 Å². The van der Waals surface area contributed by atoms with Gasteiger partial charge in [-0.1, -0.05) is 24.3 Å². The number of aromatic nitrogens is 4. The molecule has 5 nitrogen and oxygen atoms in total. The van der Waals surface area contributed by atoms with Gasteiger partial charge in [0.2, 0.25) is 0 Å². The van der Waals surface area contributed by atoms with E-state index < -0.39 is 0 Å². The minimum atomic E-state index is 0.654. The fourth-order valence-electron chi connectivity index (χ4n) is 4.26. The number of benzene rings is 2. The summed E-state index contributed by atoms with van der Waals surface area (Å²) in [6.45, 7) is 2.97. The highest BCUT2D eigenvalue weighted by molar-refractivity contribution is 5.94. The van der Waals surface area contributed by atoms with E-state index in [1.165, 1.54) is 18.5 Å². The second kappa shape index (κ2) is 7.20. The molecule has 5 heteroatoms. The summed E-state index contributed by atoms with van der Waals surface area (Å²) in [5.41, 5.74) is 6.61. The molecule has 0 amide bonds. The summed E-state index contributed by atoms with van der Waals surface area (Å²) in [6.07, 6.45) is 8.53. The van der Waals surface area contributed by atoms with Crippen LogP contribution >= 0.6 is 0 Å². The van der Waals surface area contributed by atoms with E-state index in [2.05, 4.69) is 93.2 Å². The van der Waals surface area contributed by atoms with Crippen LogP contribution in [0.3, 0.4) is 0 Å². The Hall–Kier alpha value is -3.73. The lowest BCUT2D eigenvalue weighted by Gasteiger charge is -2.23. The topological polar surface area (TPSA) is 46.3 Å². The smallest absolute Gasteiger partial charge is 0.144 e. The Morgan fingerprint density at radius 3 is 2.58 bits per heavy atom. The summed E-state index contributed by atoms with van der Waals surface area (Å²) in [5.74, 6) is 1.59. The van der Waals surface area contributed by atoms with Crippen molar-refractivity contribution in [1.82, 2.24) is 19.4 Å². The zero-order valence-corrected chi connectivity index (χ0v) is 17.4. The fraction of sp³-hybridized carbons (Fsp3) is 0.192. The minimum Gasteiger partial charge on any atom is -0.326 e. The molecule has 1 fully saturated rings. The summed E-state index contributed by atoms with van der Waals surface area (Å²) in [7, 11) is 0. The van der Waals surface area contributed by atoms with E-state index in [0.29, 0.717) is 5.92 Å². The second-order valence-corrected chi connectivity index (χ2v) is 8.13. The van der Waals surface area contributed by atoms with Gasteiger partial charge in [0.25, 0.3) is 0 Å². The van der Waals surface area contributed by atoms with Gasteiger partial charge >= 0.3 is 0 Å². The number of nitrogens with zero attached hydrogens (tertiary/aromatic N) is 5. The third-order valence-corrected chi connectivity index (χ3v) is 6.05. The Balaban J connectivity index is 1.46. The number of rotatable bonds is 5. The molecule has 0 aliphatic heterocycles. The zero-order valence-electron chi connectivity index (χ0n) is 17.4. The molecule has 2 aromatic carbocycles. The number of pyridine rings is 1. The molecule has 31 heavy (non-hydrogen) atoms. The Kier molecular flexibility index (Phi) is 4.20. The number of fused-ring (bicyclic) bond motifs is 2. The lowest BCUT2D eigenvalue weighted by molar-refractivity contribution is 0.990. The van der Waals surface area contributed by atoms with E-state index >= 15 is 0 Å². The van der Waals surface area contributed by atoms with Gasteiger partial charge in [-0.25, -0.2) is 15.0 Å². The minimum absolute atomic E-state index is 0.654. The van der Waals surface area contributed by atoms with Crippen molar-refractivity contribution in [3.8, 4) is 11.1 Å². The number of hydrogen-bond acceptors (Lipinski definition) is 4. The van der Waals surface area contributed by atoms with E-state index in [-0.39, 0.29) is 0 Å². The van der Waals surface area contributed by atoms with Gasteiger partial charge in [0.1, 0.15) is 17.8 Å². The van der Waals surface area contributed by atoms with Crippen LogP contribution in [0.25, 0.3) is 27.7 Å². The molecule has 0 radical (unpaired) electrons. The van der Waals surface area contributed by atoms with Crippen molar-refractivity contribution >= 4 is 28.1 Å². The number of hydrogen-bond donors (Lipinski definition) is 0. The molecule has 0 N–H and O–H groups in total. The van der Waals surface area contributed by atoms with Crippen LogP contribution in [0.15, 0.2) is 79.4 Å². The number of anilines is 2. The number of imidazole rings is 1. The van der Waals surface area contributed by atoms with Crippen molar-refractivity contribution < 1.29 is 0 Å². The predicted octanol–water partition coefficient (Wildman–Crippen LogP) is 5.98. The Bertz CT molecular complexity index is 1390.